The number of anilines is 1. The number of hydrogen-bond donors (Lipinski definition) is 0. The largest absolute Gasteiger partial charge is 0.279 e. The molecular formula is C14H11Cl2NO3S. The summed E-state index contributed by atoms with van der Waals surface area (Å²) in [6.07, 6.45) is 0. The molecule has 0 unspecified atom stereocenters. The highest BCUT2D eigenvalue weighted by Crippen LogP contribution is 2.30. The number of carbonyl (C=O) groups is 1. The Morgan fingerprint density at radius 3 is 2.14 bits per heavy atom. The first-order valence-corrected chi connectivity index (χ1v) is 8.13. The predicted molar refractivity (Wildman–Crippen MR) is 83.3 cm³/mol. The zero-order chi connectivity index (χ0) is 15.5. The van der Waals surface area contributed by atoms with E-state index in [9.17, 15) is 13.2 Å². The molecule has 4 nitrogen and oxygen atoms in total. The standard InChI is InChI=1S/C14H11Cl2NO3S/c15-12-8-4-5-9-13(12)17(10-14(16)18)21(19,20)11-6-2-1-3-7-11/h1-9H,10H2. The van der Waals surface area contributed by atoms with Crippen LogP contribution in [0.15, 0.2) is 59.5 Å². The van der Waals surface area contributed by atoms with Crippen molar-refractivity contribution in [3.8, 4) is 0 Å². The molecule has 110 valence electrons. The van der Waals surface area contributed by atoms with E-state index in [1.807, 2.05) is 0 Å². The monoisotopic (exact) mass is 343 g/mol. The van der Waals surface area contributed by atoms with Crippen molar-refractivity contribution >= 4 is 44.2 Å². The van der Waals surface area contributed by atoms with Crippen LogP contribution >= 0.6 is 23.2 Å². The highest BCUT2D eigenvalue weighted by atomic mass is 35.5. The third-order valence-corrected chi connectivity index (χ3v) is 4.93. The van der Waals surface area contributed by atoms with Gasteiger partial charge < -0.3 is 0 Å². The molecule has 2 rings (SSSR count). The van der Waals surface area contributed by atoms with Gasteiger partial charge in [-0.25, -0.2) is 8.42 Å². The lowest BCUT2D eigenvalue weighted by atomic mass is 10.3. The van der Waals surface area contributed by atoms with Gasteiger partial charge in [-0.1, -0.05) is 41.9 Å². The summed E-state index contributed by atoms with van der Waals surface area (Å²) < 4.78 is 26.3. The summed E-state index contributed by atoms with van der Waals surface area (Å²) in [5.74, 6) is 0. The van der Waals surface area contributed by atoms with Crippen LogP contribution in [0.25, 0.3) is 0 Å². The van der Waals surface area contributed by atoms with E-state index < -0.39 is 21.8 Å². The maximum absolute atomic E-state index is 12.7. The summed E-state index contributed by atoms with van der Waals surface area (Å²) in [4.78, 5) is 11.3. The van der Waals surface area contributed by atoms with Crippen LogP contribution in [-0.4, -0.2) is 20.2 Å². The highest BCUT2D eigenvalue weighted by molar-refractivity contribution is 7.92. The second-order valence-corrected chi connectivity index (χ2v) is 6.82. The maximum Gasteiger partial charge on any atom is 0.264 e. The lowest BCUT2D eigenvalue weighted by molar-refractivity contribution is -0.110. The third-order valence-electron chi connectivity index (χ3n) is 2.72. The van der Waals surface area contributed by atoms with E-state index in [0.717, 1.165) is 4.31 Å². The van der Waals surface area contributed by atoms with E-state index in [1.54, 1.807) is 36.4 Å². The minimum Gasteiger partial charge on any atom is -0.279 e. The molecule has 2 aromatic carbocycles. The lowest BCUT2D eigenvalue weighted by Gasteiger charge is -2.23. The van der Waals surface area contributed by atoms with Gasteiger partial charge in [0.05, 0.1) is 15.6 Å². The first kappa shape index (κ1) is 15.8. The molecule has 0 aliphatic carbocycles. The van der Waals surface area contributed by atoms with Crippen LogP contribution in [0.5, 0.6) is 0 Å². The SMILES string of the molecule is O=C(Cl)CN(c1ccccc1Cl)S(=O)(=O)c1ccccc1. The first-order valence-electron chi connectivity index (χ1n) is 5.93. The summed E-state index contributed by atoms with van der Waals surface area (Å²) in [7, 11) is -3.93. The van der Waals surface area contributed by atoms with Gasteiger partial charge in [-0.3, -0.25) is 9.10 Å². The number of carbonyl (C=O) groups excluding carboxylic acids is 1. The van der Waals surface area contributed by atoms with Crippen LogP contribution in [0.2, 0.25) is 5.02 Å². The molecule has 0 spiro atoms. The Kier molecular flexibility index (Phi) is 4.88. The van der Waals surface area contributed by atoms with E-state index in [1.165, 1.54) is 18.2 Å². The van der Waals surface area contributed by atoms with Crippen LogP contribution in [0.1, 0.15) is 0 Å². The number of para-hydroxylation sites is 1. The Morgan fingerprint density at radius 1 is 1.00 bits per heavy atom. The maximum atomic E-state index is 12.7. The smallest absolute Gasteiger partial charge is 0.264 e. The molecule has 0 bridgehead atoms. The molecule has 0 heterocycles. The molecular weight excluding hydrogens is 333 g/mol. The van der Waals surface area contributed by atoms with E-state index in [0.29, 0.717) is 0 Å². The molecule has 0 saturated carbocycles. The van der Waals surface area contributed by atoms with Gasteiger partial charge in [0.1, 0.15) is 6.54 Å². The number of halogens is 2. The van der Waals surface area contributed by atoms with Crippen LogP contribution in [0.4, 0.5) is 5.69 Å². The topological polar surface area (TPSA) is 54.5 Å². The van der Waals surface area contributed by atoms with Gasteiger partial charge in [-0.05, 0) is 35.9 Å². The van der Waals surface area contributed by atoms with Crippen molar-refractivity contribution in [2.24, 2.45) is 0 Å². The molecule has 0 saturated heterocycles. The van der Waals surface area contributed by atoms with Crippen LogP contribution in [0, 0.1) is 0 Å². The summed E-state index contributed by atoms with van der Waals surface area (Å²) in [5, 5.41) is -0.579. The molecule has 0 radical (unpaired) electrons. The van der Waals surface area contributed by atoms with Gasteiger partial charge in [-0.15, -0.1) is 0 Å². The molecule has 0 N–H and O–H groups in total. The second-order valence-electron chi connectivity index (χ2n) is 4.13. The Morgan fingerprint density at radius 2 is 1.57 bits per heavy atom. The molecule has 0 aliphatic rings. The summed E-state index contributed by atoms with van der Waals surface area (Å²) in [5.41, 5.74) is 0.206. The zero-order valence-electron chi connectivity index (χ0n) is 10.7. The van der Waals surface area contributed by atoms with Crippen LogP contribution in [0.3, 0.4) is 0 Å². The number of rotatable bonds is 5. The quantitative estimate of drug-likeness (QED) is 0.782. The fraction of sp³-hybridized carbons (Fsp3) is 0.0714. The van der Waals surface area contributed by atoms with E-state index >= 15 is 0 Å². The Bertz CT molecular complexity index is 748. The van der Waals surface area contributed by atoms with Crippen LogP contribution < -0.4 is 4.31 Å². The van der Waals surface area contributed by atoms with Crippen molar-refractivity contribution in [1.29, 1.82) is 0 Å². The number of nitrogens with zero attached hydrogens (tertiary/aromatic N) is 1. The van der Waals surface area contributed by atoms with Gasteiger partial charge >= 0.3 is 0 Å². The molecule has 0 amide bonds. The van der Waals surface area contributed by atoms with Gasteiger partial charge in [0.2, 0.25) is 5.24 Å². The van der Waals surface area contributed by atoms with Crippen molar-refractivity contribution in [3.63, 3.8) is 0 Å². The Labute approximate surface area is 133 Å². The van der Waals surface area contributed by atoms with Gasteiger partial charge in [0.25, 0.3) is 10.0 Å². The summed E-state index contributed by atoms with van der Waals surface area (Å²) >= 11 is 11.4. The van der Waals surface area contributed by atoms with Crippen molar-refractivity contribution in [3.05, 3.63) is 59.6 Å². The molecule has 2 aromatic rings. The van der Waals surface area contributed by atoms with Crippen molar-refractivity contribution in [2.75, 3.05) is 10.8 Å². The average Bonchev–Trinajstić information content (AvgIpc) is 2.46. The zero-order valence-corrected chi connectivity index (χ0v) is 13.1. The molecule has 0 aliphatic heterocycles. The molecule has 21 heavy (non-hydrogen) atoms. The third kappa shape index (κ3) is 3.56. The number of benzene rings is 2. The fourth-order valence-electron chi connectivity index (χ4n) is 1.79. The van der Waals surface area contributed by atoms with E-state index in [2.05, 4.69) is 0 Å². The second kappa shape index (κ2) is 6.47. The van der Waals surface area contributed by atoms with E-state index in [-0.39, 0.29) is 15.6 Å². The summed E-state index contributed by atoms with van der Waals surface area (Å²) in [6.45, 7) is -0.498. The fourth-order valence-corrected chi connectivity index (χ4v) is 3.73. The lowest BCUT2D eigenvalue weighted by Crippen LogP contribution is -2.34. The van der Waals surface area contributed by atoms with Crippen molar-refractivity contribution in [1.82, 2.24) is 0 Å². The molecule has 0 fully saturated rings. The molecule has 0 atom stereocenters. The van der Waals surface area contributed by atoms with Crippen molar-refractivity contribution in [2.45, 2.75) is 4.90 Å². The normalized spacial score (nSPS) is 11.1. The molecule has 7 heteroatoms. The van der Waals surface area contributed by atoms with Gasteiger partial charge in [0, 0.05) is 0 Å². The van der Waals surface area contributed by atoms with E-state index in [4.69, 9.17) is 23.2 Å². The average molecular weight is 344 g/mol. The van der Waals surface area contributed by atoms with Gasteiger partial charge in [0.15, 0.2) is 0 Å². The van der Waals surface area contributed by atoms with Crippen LogP contribution in [-0.2, 0) is 14.8 Å². The highest BCUT2D eigenvalue weighted by Gasteiger charge is 2.27. The minimum atomic E-state index is -3.93. The number of hydrogen-bond acceptors (Lipinski definition) is 3. The van der Waals surface area contributed by atoms with Crippen molar-refractivity contribution < 1.29 is 13.2 Å². The Hall–Kier alpha value is -1.56. The Balaban J connectivity index is 2.56. The number of sulfonamides is 1. The predicted octanol–water partition coefficient (Wildman–Crippen LogP) is 3.30. The summed E-state index contributed by atoms with van der Waals surface area (Å²) in [6, 6.07) is 14.1. The minimum absolute atomic E-state index is 0.0582. The molecule has 0 aromatic heterocycles. The van der Waals surface area contributed by atoms with Gasteiger partial charge in [-0.2, -0.15) is 0 Å². The first-order chi connectivity index (χ1) is 9.93.